The largest absolute Gasteiger partial charge is 0.477 e. The maximum absolute atomic E-state index is 13.9. The molecule has 0 bridgehead atoms. The molecule has 2 aliphatic rings. The third kappa shape index (κ3) is 2.59. The van der Waals surface area contributed by atoms with Crippen LogP contribution < -0.4 is 10.6 Å². The molecule has 1 amide bonds. The van der Waals surface area contributed by atoms with Crippen molar-refractivity contribution in [3.63, 3.8) is 0 Å². The minimum atomic E-state index is -3.46. The van der Waals surface area contributed by atoms with Crippen molar-refractivity contribution >= 4 is 29.9 Å². The van der Waals surface area contributed by atoms with Crippen molar-refractivity contribution in [2.75, 3.05) is 0 Å². The number of nitrogens with zero attached hydrogens (tertiary/aromatic N) is 1. The standard InChI is InChI=1S/C19H16NO5P/c21-18-12-15-17(11-16(19(22)23)20(15)18)25-26(24,13-7-3-1-4-8-13)14-9-5-2-6-10-14/h1-11,15,17H,12H2,(H,22,23)/t15-,17?/m0/s1. The number of rotatable bonds is 5. The molecule has 4 rings (SSSR count). The molecule has 0 spiro atoms. The summed E-state index contributed by atoms with van der Waals surface area (Å²) < 4.78 is 20.0. The second-order valence-electron chi connectivity index (χ2n) is 6.18. The van der Waals surface area contributed by atoms with Crippen LogP contribution in [0.3, 0.4) is 0 Å². The van der Waals surface area contributed by atoms with Crippen LogP contribution in [0.25, 0.3) is 0 Å². The van der Waals surface area contributed by atoms with Gasteiger partial charge in [0.05, 0.1) is 12.5 Å². The van der Waals surface area contributed by atoms with E-state index in [1.54, 1.807) is 48.5 Å². The van der Waals surface area contributed by atoms with Gasteiger partial charge in [0.15, 0.2) is 0 Å². The summed E-state index contributed by atoms with van der Waals surface area (Å²) >= 11 is 0. The van der Waals surface area contributed by atoms with Gasteiger partial charge in [-0.25, -0.2) is 4.79 Å². The van der Waals surface area contributed by atoms with Crippen LogP contribution in [0, 0.1) is 0 Å². The normalized spacial score (nSPS) is 21.8. The average molecular weight is 369 g/mol. The van der Waals surface area contributed by atoms with E-state index >= 15 is 0 Å². The van der Waals surface area contributed by atoms with Gasteiger partial charge in [-0.15, -0.1) is 0 Å². The highest BCUT2D eigenvalue weighted by atomic mass is 31.2. The molecule has 26 heavy (non-hydrogen) atoms. The zero-order valence-corrected chi connectivity index (χ0v) is 14.6. The fraction of sp³-hybridized carbons (Fsp3) is 0.158. The van der Waals surface area contributed by atoms with Crippen LogP contribution in [-0.2, 0) is 18.7 Å². The number of amides is 1. The summed E-state index contributed by atoms with van der Waals surface area (Å²) in [4.78, 5) is 24.4. The topological polar surface area (TPSA) is 83.9 Å². The number of hydrogen-bond acceptors (Lipinski definition) is 4. The van der Waals surface area contributed by atoms with E-state index < -0.39 is 25.5 Å². The van der Waals surface area contributed by atoms with E-state index in [1.807, 2.05) is 12.1 Å². The summed E-state index contributed by atoms with van der Waals surface area (Å²) in [5.74, 6) is -1.45. The summed E-state index contributed by atoms with van der Waals surface area (Å²) in [7, 11) is -3.46. The summed E-state index contributed by atoms with van der Waals surface area (Å²) in [5, 5.41) is 10.4. The lowest BCUT2D eigenvalue weighted by Crippen LogP contribution is -2.54. The van der Waals surface area contributed by atoms with Crippen LogP contribution in [0.2, 0.25) is 0 Å². The van der Waals surface area contributed by atoms with Crippen molar-refractivity contribution in [1.29, 1.82) is 0 Å². The molecule has 7 heteroatoms. The summed E-state index contributed by atoms with van der Waals surface area (Å²) in [5.41, 5.74) is -0.107. The van der Waals surface area contributed by atoms with Crippen molar-refractivity contribution in [3.05, 3.63) is 72.4 Å². The van der Waals surface area contributed by atoms with Gasteiger partial charge in [0.1, 0.15) is 11.8 Å². The number of benzene rings is 2. The zero-order valence-electron chi connectivity index (χ0n) is 13.7. The first-order valence-electron chi connectivity index (χ1n) is 8.17. The number of carboxylic acids is 1. The van der Waals surface area contributed by atoms with Gasteiger partial charge in [0.2, 0.25) is 5.91 Å². The fourth-order valence-corrected chi connectivity index (χ4v) is 5.54. The van der Waals surface area contributed by atoms with Gasteiger partial charge in [-0.3, -0.25) is 14.3 Å². The Kier molecular flexibility index (Phi) is 4.02. The molecule has 1 saturated heterocycles. The third-order valence-electron chi connectivity index (χ3n) is 4.63. The lowest BCUT2D eigenvalue weighted by atomic mass is 10.0. The van der Waals surface area contributed by atoms with Gasteiger partial charge in [0.25, 0.3) is 7.37 Å². The third-order valence-corrected chi connectivity index (χ3v) is 7.12. The zero-order chi connectivity index (χ0) is 18.3. The average Bonchev–Trinajstić information content (AvgIpc) is 2.95. The fourth-order valence-electron chi connectivity index (χ4n) is 3.33. The first kappa shape index (κ1) is 16.8. The molecule has 2 aliphatic heterocycles. The second-order valence-corrected chi connectivity index (χ2v) is 8.53. The lowest BCUT2D eigenvalue weighted by Gasteiger charge is -2.38. The maximum atomic E-state index is 13.9. The van der Waals surface area contributed by atoms with Crippen LogP contribution >= 0.6 is 7.37 Å². The number of fused-ring (bicyclic) bond motifs is 1. The van der Waals surface area contributed by atoms with Crippen LogP contribution in [0.15, 0.2) is 72.4 Å². The Hall–Kier alpha value is -2.69. The number of carboxylic acid groups (broad SMARTS) is 1. The Bertz CT molecular complexity index is 897. The Labute approximate surface area is 150 Å². The van der Waals surface area contributed by atoms with Crippen LogP contribution in [0.5, 0.6) is 0 Å². The number of hydrogen-bond donors (Lipinski definition) is 1. The molecule has 2 heterocycles. The molecule has 0 aromatic heterocycles. The van der Waals surface area contributed by atoms with Crippen molar-refractivity contribution in [1.82, 2.24) is 4.90 Å². The first-order chi connectivity index (χ1) is 12.5. The molecule has 2 aromatic rings. The Morgan fingerprint density at radius 3 is 2.00 bits per heavy atom. The van der Waals surface area contributed by atoms with Gasteiger partial charge in [-0.2, -0.15) is 0 Å². The summed E-state index contributed by atoms with van der Waals surface area (Å²) in [6.07, 6.45) is 0.836. The Morgan fingerprint density at radius 1 is 1.04 bits per heavy atom. The predicted octanol–water partition coefficient (Wildman–Crippen LogP) is 1.88. The van der Waals surface area contributed by atoms with E-state index in [4.69, 9.17) is 4.52 Å². The molecular weight excluding hydrogens is 353 g/mol. The van der Waals surface area contributed by atoms with Gasteiger partial charge in [0, 0.05) is 10.6 Å². The van der Waals surface area contributed by atoms with Crippen LogP contribution in [0.4, 0.5) is 0 Å². The highest BCUT2D eigenvalue weighted by Gasteiger charge is 2.52. The molecule has 2 aromatic carbocycles. The van der Waals surface area contributed by atoms with E-state index in [9.17, 15) is 19.3 Å². The smallest absolute Gasteiger partial charge is 0.352 e. The maximum Gasteiger partial charge on any atom is 0.352 e. The van der Waals surface area contributed by atoms with Gasteiger partial charge < -0.3 is 9.63 Å². The number of aliphatic carboxylic acids is 1. The van der Waals surface area contributed by atoms with Crippen LogP contribution in [0.1, 0.15) is 6.42 Å². The molecule has 132 valence electrons. The first-order valence-corrected chi connectivity index (χ1v) is 9.80. The predicted molar refractivity (Wildman–Crippen MR) is 95.6 cm³/mol. The molecular formula is C19H16NO5P. The molecule has 2 atom stereocenters. The van der Waals surface area contributed by atoms with Gasteiger partial charge in [-0.05, 0) is 30.3 Å². The summed E-state index contributed by atoms with van der Waals surface area (Å²) in [6.45, 7) is 0. The van der Waals surface area contributed by atoms with Gasteiger partial charge >= 0.3 is 5.97 Å². The quantitative estimate of drug-likeness (QED) is 0.643. The monoisotopic (exact) mass is 369 g/mol. The lowest BCUT2D eigenvalue weighted by molar-refractivity contribution is -0.149. The van der Waals surface area contributed by atoms with E-state index in [1.165, 1.54) is 11.0 Å². The number of carbonyl (C=O) groups is 2. The van der Waals surface area contributed by atoms with E-state index in [0.717, 1.165) is 0 Å². The molecule has 1 N–H and O–H groups in total. The highest BCUT2D eigenvalue weighted by molar-refractivity contribution is 7.74. The van der Waals surface area contributed by atoms with Crippen molar-refractivity contribution in [3.8, 4) is 0 Å². The van der Waals surface area contributed by atoms with E-state index in [2.05, 4.69) is 0 Å². The van der Waals surface area contributed by atoms with Crippen LogP contribution in [-0.4, -0.2) is 34.0 Å². The Morgan fingerprint density at radius 2 is 1.58 bits per heavy atom. The molecule has 6 nitrogen and oxygen atoms in total. The minimum Gasteiger partial charge on any atom is -0.477 e. The Balaban J connectivity index is 1.74. The SMILES string of the molecule is O=C(O)C1=CC(OP(=O)(c2ccccc2)c2ccccc2)[C@@H]2CC(=O)N12. The van der Waals surface area contributed by atoms with Crippen molar-refractivity contribution in [2.24, 2.45) is 0 Å². The summed E-state index contributed by atoms with van der Waals surface area (Å²) in [6, 6.07) is 17.3. The van der Waals surface area contributed by atoms with E-state index in [-0.39, 0.29) is 18.0 Å². The van der Waals surface area contributed by atoms with E-state index in [0.29, 0.717) is 10.6 Å². The molecule has 1 fully saturated rings. The second kappa shape index (κ2) is 6.24. The van der Waals surface area contributed by atoms with Crippen molar-refractivity contribution in [2.45, 2.75) is 18.6 Å². The highest BCUT2D eigenvalue weighted by Crippen LogP contribution is 2.49. The minimum absolute atomic E-state index is 0.107. The van der Waals surface area contributed by atoms with Gasteiger partial charge in [-0.1, -0.05) is 36.4 Å². The number of β-lactam (4-membered cyclic amide) rings is 1. The molecule has 0 aliphatic carbocycles. The molecule has 1 unspecified atom stereocenters. The van der Waals surface area contributed by atoms with Crippen molar-refractivity contribution < 1.29 is 23.8 Å². The molecule has 0 saturated carbocycles. The number of carbonyl (C=O) groups excluding carboxylic acids is 1. The molecule has 0 radical (unpaired) electrons.